The Balaban J connectivity index is 3.11. The van der Waals surface area contributed by atoms with Gasteiger partial charge >= 0.3 is 0 Å². The lowest BCUT2D eigenvalue weighted by Crippen LogP contribution is -2.27. The van der Waals surface area contributed by atoms with Crippen LogP contribution < -0.4 is 26.4 Å². The van der Waals surface area contributed by atoms with Crippen LogP contribution in [0.3, 0.4) is 0 Å². The molecule has 6 nitrogen and oxygen atoms in total. The second-order valence-electron chi connectivity index (χ2n) is 5.96. The number of amides is 1. The maximum atomic E-state index is 11.6. The fourth-order valence-electron chi connectivity index (χ4n) is 2.27. The number of carbonyl (C=O) groups is 1. The third-order valence-corrected chi connectivity index (χ3v) is 4.19. The van der Waals surface area contributed by atoms with E-state index >= 15 is 0 Å². The highest BCUT2D eigenvalue weighted by atomic mass is 32.2. The minimum absolute atomic E-state index is 0.191. The molecule has 0 aliphatic carbocycles. The summed E-state index contributed by atoms with van der Waals surface area (Å²) in [6.45, 7) is 6.70. The van der Waals surface area contributed by atoms with E-state index in [1.165, 1.54) is 12.8 Å². The van der Waals surface area contributed by atoms with Gasteiger partial charge in [-0.15, -0.1) is 0 Å². The van der Waals surface area contributed by atoms with Crippen LogP contribution in [0.2, 0.25) is 0 Å². The molecular weight excluding hydrogens is 322 g/mol. The van der Waals surface area contributed by atoms with E-state index in [0.29, 0.717) is 6.42 Å². The molecule has 0 aromatic heterocycles. The molecule has 7 heteroatoms. The Morgan fingerprint density at radius 3 is 2.08 bits per heavy atom. The molecule has 0 radical (unpaired) electrons. The van der Waals surface area contributed by atoms with E-state index in [-0.39, 0.29) is 5.91 Å². The van der Waals surface area contributed by atoms with Gasteiger partial charge in [0.15, 0.2) is 0 Å². The molecule has 0 bridgehead atoms. The third kappa shape index (κ3) is 19.7. The van der Waals surface area contributed by atoms with Crippen LogP contribution in [0.5, 0.6) is 0 Å². The van der Waals surface area contributed by atoms with Gasteiger partial charge in [-0.25, -0.2) is 0 Å². The Bertz CT molecular complexity index is 269. The van der Waals surface area contributed by atoms with Crippen molar-refractivity contribution in [2.24, 2.45) is 5.73 Å². The normalized spacial score (nSPS) is 10.9. The first-order valence-corrected chi connectivity index (χ1v) is 10.7. The average Bonchev–Trinajstić information content (AvgIpc) is 2.59. The molecule has 144 valence electrons. The van der Waals surface area contributed by atoms with E-state index in [9.17, 15) is 4.79 Å². The van der Waals surface area contributed by atoms with Crippen molar-refractivity contribution in [2.75, 3.05) is 52.1 Å². The summed E-state index contributed by atoms with van der Waals surface area (Å²) in [4.78, 5) is 11.6. The van der Waals surface area contributed by atoms with Gasteiger partial charge in [0.1, 0.15) is 0 Å². The van der Waals surface area contributed by atoms with Crippen molar-refractivity contribution >= 4 is 17.9 Å². The summed E-state index contributed by atoms with van der Waals surface area (Å²) in [5.74, 6) is 0.191. The molecule has 0 aromatic carbocycles. The van der Waals surface area contributed by atoms with E-state index in [0.717, 1.165) is 77.9 Å². The lowest BCUT2D eigenvalue weighted by molar-refractivity contribution is -0.121. The highest BCUT2D eigenvalue weighted by Gasteiger charge is 2.00. The van der Waals surface area contributed by atoms with E-state index in [4.69, 9.17) is 5.73 Å². The number of carbonyl (C=O) groups excluding carboxylic acids is 1. The molecular formula is C17H39N5OS. The second-order valence-corrected chi connectivity index (χ2v) is 6.66. The Morgan fingerprint density at radius 1 is 0.792 bits per heavy atom. The SMILES string of the molecule is CSNCCCCCC(=O)NCCCNCCCCNCCCN. The standard InChI is InChI=1S/C17H39N5OS/c1-24-22-16-4-2-3-9-17(23)21-15-8-14-20-12-6-5-11-19-13-7-10-18/h19-20,22H,2-16,18H2,1H3,(H,21,23). The molecule has 0 rings (SSSR count). The Hall–Kier alpha value is -0.340. The highest BCUT2D eigenvalue weighted by Crippen LogP contribution is 1.99. The van der Waals surface area contributed by atoms with Crippen LogP contribution in [0.4, 0.5) is 0 Å². The lowest BCUT2D eigenvalue weighted by atomic mass is 10.2. The van der Waals surface area contributed by atoms with E-state index in [1.54, 1.807) is 11.9 Å². The van der Waals surface area contributed by atoms with Crippen molar-refractivity contribution in [1.29, 1.82) is 0 Å². The van der Waals surface area contributed by atoms with Crippen LogP contribution >= 0.6 is 11.9 Å². The maximum absolute atomic E-state index is 11.6. The molecule has 0 spiro atoms. The van der Waals surface area contributed by atoms with Crippen molar-refractivity contribution in [3.8, 4) is 0 Å². The Morgan fingerprint density at radius 2 is 1.42 bits per heavy atom. The van der Waals surface area contributed by atoms with Gasteiger partial charge in [-0.05, 0) is 77.5 Å². The van der Waals surface area contributed by atoms with Crippen molar-refractivity contribution in [3.05, 3.63) is 0 Å². The molecule has 0 atom stereocenters. The zero-order chi connectivity index (χ0) is 17.7. The average molecular weight is 362 g/mol. The molecule has 0 saturated carbocycles. The monoisotopic (exact) mass is 361 g/mol. The molecule has 1 amide bonds. The van der Waals surface area contributed by atoms with Crippen molar-refractivity contribution < 1.29 is 4.79 Å². The predicted octanol–water partition coefficient (Wildman–Crippen LogP) is 1.23. The first-order valence-electron chi connectivity index (χ1n) is 9.45. The number of hydrogen-bond acceptors (Lipinski definition) is 6. The number of nitrogens with one attached hydrogen (secondary N) is 4. The van der Waals surface area contributed by atoms with Crippen LogP contribution in [0.25, 0.3) is 0 Å². The van der Waals surface area contributed by atoms with Crippen LogP contribution in [0.15, 0.2) is 0 Å². The van der Waals surface area contributed by atoms with Gasteiger partial charge in [-0.2, -0.15) is 0 Å². The largest absolute Gasteiger partial charge is 0.356 e. The zero-order valence-corrected chi connectivity index (χ0v) is 16.3. The van der Waals surface area contributed by atoms with Gasteiger partial charge in [0.2, 0.25) is 5.91 Å². The molecule has 0 aliphatic heterocycles. The number of nitrogens with two attached hydrogens (primary N) is 1. The summed E-state index contributed by atoms with van der Waals surface area (Å²) in [7, 11) is 0. The second kappa shape index (κ2) is 20.7. The van der Waals surface area contributed by atoms with Crippen molar-refractivity contribution in [1.82, 2.24) is 20.7 Å². The van der Waals surface area contributed by atoms with Crippen LogP contribution in [0, 0.1) is 0 Å². The minimum atomic E-state index is 0.191. The van der Waals surface area contributed by atoms with E-state index in [1.807, 2.05) is 6.26 Å². The molecule has 24 heavy (non-hydrogen) atoms. The van der Waals surface area contributed by atoms with Gasteiger partial charge in [-0.3, -0.25) is 9.52 Å². The zero-order valence-electron chi connectivity index (χ0n) is 15.5. The Labute approximate surface area is 153 Å². The summed E-state index contributed by atoms with van der Waals surface area (Å²) < 4.78 is 3.22. The molecule has 0 fully saturated rings. The van der Waals surface area contributed by atoms with Gasteiger partial charge in [0.25, 0.3) is 0 Å². The number of unbranched alkanes of at least 4 members (excludes halogenated alkanes) is 3. The molecule has 0 aliphatic rings. The summed E-state index contributed by atoms with van der Waals surface area (Å²) in [6, 6.07) is 0. The Kier molecular flexibility index (Phi) is 20.4. The number of hydrogen-bond donors (Lipinski definition) is 5. The molecule has 0 aromatic rings. The van der Waals surface area contributed by atoms with Crippen molar-refractivity contribution in [3.63, 3.8) is 0 Å². The fraction of sp³-hybridized carbons (Fsp3) is 0.941. The van der Waals surface area contributed by atoms with Gasteiger partial charge in [0.05, 0.1) is 0 Å². The highest BCUT2D eigenvalue weighted by molar-refractivity contribution is 7.96. The van der Waals surface area contributed by atoms with Gasteiger partial charge in [0, 0.05) is 19.5 Å². The summed E-state index contributed by atoms with van der Waals surface area (Å²) in [5, 5.41) is 9.80. The predicted molar refractivity (Wildman–Crippen MR) is 106 cm³/mol. The molecule has 6 N–H and O–H groups in total. The van der Waals surface area contributed by atoms with E-state index < -0.39 is 0 Å². The molecule has 0 unspecified atom stereocenters. The first kappa shape index (κ1) is 23.7. The lowest BCUT2D eigenvalue weighted by Gasteiger charge is -2.07. The quantitative estimate of drug-likeness (QED) is 0.176. The first-order chi connectivity index (χ1) is 11.8. The third-order valence-electron chi connectivity index (χ3n) is 3.69. The van der Waals surface area contributed by atoms with Crippen LogP contribution in [0.1, 0.15) is 51.4 Å². The van der Waals surface area contributed by atoms with Gasteiger partial charge in [-0.1, -0.05) is 18.4 Å². The number of rotatable bonds is 19. The topological polar surface area (TPSA) is 91.2 Å². The molecule has 0 saturated heterocycles. The maximum Gasteiger partial charge on any atom is 0.219 e. The van der Waals surface area contributed by atoms with Gasteiger partial charge < -0.3 is 21.7 Å². The fourth-order valence-corrected chi connectivity index (χ4v) is 2.62. The summed E-state index contributed by atoms with van der Waals surface area (Å²) in [6.07, 6.45) is 10.4. The minimum Gasteiger partial charge on any atom is -0.356 e. The summed E-state index contributed by atoms with van der Waals surface area (Å²) in [5.41, 5.74) is 5.43. The molecule has 0 heterocycles. The smallest absolute Gasteiger partial charge is 0.219 e. The van der Waals surface area contributed by atoms with E-state index in [2.05, 4.69) is 20.7 Å². The summed E-state index contributed by atoms with van der Waals surface area (Å²) >= 11 is 1.65. The van der Waals surface area contributed by atoms with Crippen LogP contribution in [-0.4, -0.2) is 58.0 Å². The van der Waals surface area contributed by atoms with Crippen molar-refractivity contribution in [2.45, 2.75) is 51.4 Å². The van der Waals surface area contributed by atoms with Crippen LogP contribution in [-0.2, 0) is 4.79 Å².